The fourth-order valence-electron chi connectivity index (χ4n) is 9.38. The van der Waals surface area contributed by atoms with Gasteiger partial charge < -0.3 is 86.2 Å². The lowest BCUT2D eigenvalue weighted by Crippen LogP contribution is -2.62. The van der Waals surface area contributed by atoms with Gasteiger partial charge in [-0.15, -0.1) is 0 Å². The number of nitrogens with two attached hydrogens (primary N) is 1. The molecular weight excluding hydrogens is 925 g/mol. The summed E-state index contributed by atoms with van der Waals surface area (Å²) in [6.45, 7) is 6.79. The second-order valence-corrected chi connectivity index (χ2v) is 19.8. The van der Waals surface area contributed by atoms with Crippen LogP contribution in [-0.4, -0.2) is 178 Å². The summed E-state index contributed by atoms with van der Waals surface area (Å²) < 4.78 is 23.8. The monoisotopic (exact) mass is 1010 g/mol. The smallest absolute Gasteiger partial charge is 0.308 e. The first-order valence-corrected chi connectivity index (χ1v) is 25.0. The van der Waals surface area contributed by atoms with Gasteiger partial charge in [0, 0.05) is 37.5 Å². The molecule has 2 bridgehead atoms. The van der Waals surface area contributed by atoms with Gasteiger partial charge in [-0.1, -0.05) is 98.9 Å². The number of carbonyl (C=O) groups is 2. The standard InChI is InChI=1S/C52H82N2O17/c1-30-18-15-13-11-9-7-5-6-8-10-12-14-16-19-37(70-51-49(65)46(53)48(64)33(4)69-51)27-43-45(50(66)54-38-20-17-21-39(38)58)42(61)29-52(67,71-43)28-36(57)25-41(60)40(59)23-22-34(55)24-35(56)26-44(62)68-32(3)31(2)47(30)63/h5-16,18-19,30-43,45-49,51,55-61,63-65,67H,17,20-29,53H2,1-4H3,(H,54,66)/b6-5+,9-7+,10-8+,13-11+,14-12+,18-15+,19-16+/t30-,31-,32-,33+,34?,35?,36?,37?,38?,39?,40?,41?,42-,43-,45?,46-,47?,48?,49-,51-,52?/m0/s1. The molecule has 19 heteroatoms. The van der Waals surface area contributed by atoms with E-state index in [9.17, 15) is 65.8 Å². The van der Waals surface area contributed by atoms with Crippen molar-refractivity contribution < 1.29 is 84.7 Å². The number of rotatable bonds is 4. The topological polar surface area (TPSA) is 332 Å². The predicted octanol–water partition coefficient (Wildman–Crippen LogP) is 0.657. The lowest BCUT2D eigenvalue weighted by molar-refractivity contribution is -0.307. The van der Waals surface area contributed by atoms with Gasteiger partial charge in [0.05, 0.1) is 97.7 Å². The van der Waals surface area contributed by atoms with E-state index in [4.69, 9.17) is 24.7 Å². The zero-order valence-corrected chi connectivity index (χ0v) is 41.4. The number of hydrogen-bond acceptors (Lipinski definition) is 18. The molecule has 1 aliphatic carbocycles. The van der Waals surface area contributed by atoms with Crippen LogP contribution in [0.15, 0.2) is 85.1 Å². The van der Waals surface area contributed by atoms with Gasteiger partial charge in [-0.3, -0.25) is 9.59 Å². The SMILES string of the molecule is C[C@@H]1OC(=O)CC(O)CC(O)CCC(O)C(O)CC(O)CC2(O)C[C@H](O)C(C(=O)NC3CCCC3O)[C@H](CC(O[C@@H]3O[C@H](C)C(O)[C@H](N)[C@@H]3O)/C=C/C=C/C=C/C=C/C=C/C=C/C=C/[C@H](C)C(O)[C@H]1C)O2. The second kappa shape index (κ2) is 29.4. The van der Waals surface area contributed by atoms with E-state index in [2.05, 4.69) is 5.32 Å². The summed E-state index contributed by atoms with van der Waals surface area (Å²) in [5, 5.41) is 123. The zero-order valence-electron chi connectivity index (χ0n) is 41.4. The van der Waals surface area contributed by atoms with E-state index in [1.807, 2.05) is 37.3 Å². The van der Waals surface area contributed by atoms with E-state index in [0.717, 1.165) is 0 Å². The molecule has 3 aliphatic heterocycles. The van der Waals surface area contributed by atoms with Gasteiger partial charge >= 0.3 is 5.97 Å². The van der Waals surface area contributed by atoms with E-state index in [1.54, 1.807) is 75.5 Å². The highest BCUT2D eigenvalue weighted by Crippen LogP contribution is 2.39. The third kappa shape index (κ3) is 19.4. The molecular formula is C52H82N2O17. The van der Waals surface area contributed by atoms with Crippen LogP contribution in [-0.2, 0) is 28.5 Å². The van der Waals surface area contributed by atoms with Crippen LogP contribution in [0.2, 0.25) is 0 Å². The molecule has 71 heavy (non-hydrogen) atoms. The first kappa shape index (κ1) is 60.1. The Balaban J connectivity index is 1.60. The molecule has 402 valence electrons. The Morgan fingerprint density at radius 1 is 0.648 bits per heavy atom. The Hall–Kier alpha value is -3.48. The molecule has 1 amide bonds. The molecule has 4 rings (SSSR count). The summed E-state index contributed by atoms with van der Waals surface area (Å²) in [6, 6.07) is -1.74. The summed E-state index contributed by atoms with van der Waals surface area (Å²) in [4.78, 5) is 26.7. The maximum atomic E-state index is 14.0. The van der Waals surface area contributed by atoms with Crippen molar-refractivity contribution in [3.63, 3.8) is 0 Å². The predicted molar refractivity (Wildman–Crippen MR) is 261 cm³/mol. The zero-order chi connectivity index (χ0) is 52.4. The van der Waals surface area contributed by atoms with Crippen LogP contribution >= 0.6 is 0 Å². The fourth-order valence-corrected chi connectivity index (χ4v) is 9.38. The van der Waals surface area contributed by atoms with Crippen LogP contribution < -0.4 is 11.1 Å². The Morgan fingerprint density at radius 3 is 1.86 bits per heavy atom. The van der Waals surface area contributed by atoms with Gasteiger partial charge in [-0.05, 0) is 52.4 Å². The molecule has 0 radical (unpaired) electrons. The Labute approximate surface area is 417 Å². The van der Waals surface area contributed by atoms with Crippen molar-refractivity contribution >= 4 is 11.9 Å². The van der Waals surface area contributed by atoms with Gasteiger partial charge in [-0.25, -0.2) is 0 Å². The van der Waals surface area contributed by atoms with Gasteiger partial charge in [0.25, 0.3) is 0 Å². The Bertz CT molecular complexity index is 1840. The van der Waals surface area contributed by atoms with Crippen molar-refractivity contribution in [2.75, 3.05) is 0 Å². The lowest BCUT2D eigenvalue weighted by atomic mass is 9.82. The molecule has 19 nitrogen and oxygen atoms in total. The Morgan fingerprint density at radius 2 is 1.25 bits per heavy atom. The molecule has 0 spiro atoms. The number of fused-ring (bicyclic) bond motifs is 2. The number of esters is 1. The minimum Gasteiger partial charge on any atom is -0.462 e. The van der Waals surface area contributed by atoms with Crippen molar-refractivity contribution in [3.05, 3.63) is 85.1 Å². The average molecular weight is 1010 g/mol. The maximum absolute atomic E-state index is 14.0. The quantitative estimate of drug-likeness (QED) is 0.172. The van der Waals surface area contributed by atoms with Gasteiger partial charge in [0.1, 0.15) is 12.2 Å². The van der Waals surface area contributed by atoms with E-state index >= 15 is 0 Å². The highest BCUT2D eigenvalue weighted by atomic mass is 16.7. The van der Waals surface area contributed by atoms with Crippen molar-refractivity contribution in [2.24, 2.45) is 23.5 Å². The average Bonchev–Trinajstić information content (AvgIpc) is 3.70. The number of amides is 1. The third-order valence-electron chi connectivity index (χ3n) is 13.8. The van der Waals surface area contributed by atoms with Crippen LogP contribution in [0, 0.1) is 17.8 Å². The normalized spacial score (nSPS) is 45.8. The van der Waals surface area contributed by atoms with Crippen LogP contribution in [0.3, 0.4) is 0 Å². The highest BCUT2D eigenvalue weighted by Gasteiger charge is 2.51. The molecule has 12 unspecified atom stereocenters. The summed E-state index contributed by atoms with van der Waals surface area (Å²) in [5.41, 5.74) is 6.11. The van der Waals surface area contributed by atoms with Crippen molar-refractivity contribution in [3.8, 4) is 0 Å². The number of cyclic esters (lactones) is 1. The van der Waals surface area contributed by atoms with E-state index in [1.165, 1.54) is 0 Å². The number of aliphatic hydroxyl groups excluding tert-OH is 10. The van der Waals surface area contributed by atoms with Crippen molar-refractivity contribution in [1.29, 1.82) is 0 Å². The lowest BCUT2D eigenvalue weighted by Gasteiger charge is -2.46. The highest BCUT2D eigenvalue weighted by molar-refractivity contribution is 5.80. The largest absolute Gasteiger partial charge is 0.462 e. The molecule has 3 fully saturated rings. The van der Waals surface area contributed by atoms with E-state index in [0.29, 0.717) is 19.3 Å². The molecule has 0 aromatic heterocycles. The number of nitrogens with one attached hydrogen (secondary N) is 1. The first-order valence-electron chi connectivity index (χ1n) is 25.0. The number of aliphatic hydroxyl groups is 11. The number of carbonyl (C=O) groups excluding carboxylic acids is 2. The summed E-state index contributed by atoms with van der Waals surface area (Å²) in [7, 11) is 0. The van der Waals surface area contributed by atoms with Crippen LogP contribution in [0.25, 0.3) is 0 Å². The summed E-state index contributed by atoms with van der Waals surface area (Å²) >= 11 is 0. The summed E-state index contributed by atoms with van der Waals surface area (Å²) in [5.74, 6) is -5.77. The molecule has 21 atom stereocenters. The first-order chi connectivity index (χ1) is 33.6. The summed E-state index contributed by atoms with van der Waals surface area (Å²) in [6.07, 6.45) is 5.10. The third-order valence-corrected chi connectivity index (χ3v) is 13.8. The molecule has 2 saturated heterocycles. The molecule has 14 N–H and O–H groups in total. The van der Waals surface area contributed by atoms with Gasteiger partial charge in [0.2, 0.25) is 5.91 Å². The number of hydrogen-bond donors (Lipinski definition) is 13. The number of ether oxygens (including phenoxy) is 4. The molecule has 4 aliphatic rings. The molecule has 1 saturated carbocycles. The molecule has 0 aromatic rings. The fraction of sp³-hybridized carbons (Fsp3) is 0.692. The van der Waals surface area contributed by atoms with Gasteiger partial charge in [0.15, 0.2) is 12.1 Å². The van der Waals surface area contributed by atoms with Crippen molar-refractivity contribution in [1.82, 2.24) is 5.32 Å². The molecule has 3 heterocycles. The van der Waals surface area contributed by atoms with Crippen LogP contribution in [0.4, 0.5) is 0 Å². The minimum atomic E-state index is -2.30. The molecule has 0 aromatic carbocycles. The Kier molecular flexibility index (Phi) is 24.9. The van der Waals surface area contributed by atoms with E-state index in [-0.39, 0.29) is 31.6 Å². The van der Waals surface area contributed by atoms with Crippen LogP contribution in [0.1, 0.15) is 98.3 Å². The van der Waals surface area contributed by atoms with Crippen molar-refractivity contribution in [2.45, 2.75) is 208 Å². The van der Waals surface area contributed by atoms with Gasteiger partial charge in [-0.2, -0.15) is 0 Å². The number of allylic oxidation sites excluding steroid dienone is 12. The second-order valence-electron chi connectivity index (χ2n) is 19.8. The maximum Gasteiger partial charge on any atom is 0.308 e. The van der Waals surface area contributed by atoms with E-state index < -0.39 is 159 Å². The minimum absolute atomic E-state index is 0.102. The van der Waals surface area contributed by atoms with Crippen LogP contribution in [0.5, 0.6) is 0 Å².